The Kier molecular flexibility index (Phi) is 4.00. The van der Waals surface area contributed by atoms with Gasteiger partial charge in [0.05, 0.1) is 17.4 Å². The van der Waals surface area contributed by atoms with Crippen molar-refractivity contribution in [2.75, 3.05) is 25.0 Å². The van der Waals surface area contributed by atoms with Gasteiger partial charge in [0.15, 0.2) is 0 Å². The smallest absolute Gasteiger partial charge is 0.0710 e. The molecule has 0 aromatic carbocycles. The average molecular weight is 301 g/mol. The fourth-order valence-electron chi connectivity index (χ4n) is 3.26. The highest BCUT2D eigenvalue weighted by atomic mass is 32.1. The van der Waals surface area contributed by atoms with Crippen molar-refractivity contribution in [3.63, 3.8) is 0 Å². The van der Waals surface area contributed by atoms with E-state index in [-0.39, 0.29) is 5.41 Å². The third-order valence-corrected chi connectivity index (χ3v) is 4.98. The monoisotopic (exact) mass is 301 g/mol. The molecule has 0 saturated heterocycles. The molecule has 0 bridgehead atoms. The molecule has 3 heterocycles. The Bertz CT molecular complexity index is 592. The number of pyridine rings is 1. The van der Waals surface area contributed by atoms with Crippen molar-refractivity contribution < 1.29 is 0 Å². The van der Waals surface area contributed by atoms with Crippen molar-refractivity contribution >= 4 is 17.0 Å². The number of hydrogen-bond donors (Lipinski definition) is 1. The lowest BCUT2D eigenvalue weighted by molar-refractivity contribution is 0.491. The van der Waals surface area contributed by atoms with Crippen LogP contribution in [0.3, 0.4) is 0 Å². The molecular weight excluding hydrogens is 278 g/mol. The van der Waals surface area contributed by atoms with Gasteiger partial charge in [0, 0.05) is 18.2 Å². The standard InChI is InChI=1S/C17H23N3S/c1-17(2)12-20(15-5-4-8-19-16(15)17)14(6-9-18-3)13-7-10-21-11-13/h4-5,7-8,10-11,14,18H,6,9,12H2,1-3H3/t14-/m0/s1. The van der Waals surface area contributed by atoms with Crippen LogP contribution >= 0.6 is 11.3 Å². The van der Waals surface area contributed by atoms with Gasteiger partial charge in [-0.3, -0.25) is 4.98 Å². The highest BCUT2D eigenvalue weighted by Gasteiger charge is 2.39. The molecule has 0 saturated carbocycles. The van der Waals surface area contributed by atoms with Crippen LogP contribution < -0.4 is 10.2 Å². The summed E-state index contributed by atoms with van der Waals surface area (Å²) in [5.41, 5.74) is 4.07. The fraction of sp³-hybridized carbons (Fsp3) is 0.471. The predicted molar refractivity (Wildman–Crippen MR) is 90.2 cm³/mol. The van der Waals surface area contributed by atoms with Crippen LogP contribution in [-0.2, 0) is 5.41 Å². The van der Waals surface area contributed by atoms with E-state index < -0.39 is 0 Å². The van der Waals surface area contributed by atoms with E-state index in [2.05, 4.69) is 58.0 Å². The summed E-state index contributed by atoms with van der Waals surface area (Å²) in [6.45, 7) is 6.64. The van der Waals surface area contributed by atoms with Gasteiger partial charge in [-0.05, 0) is 54.5 Å². The first-order chi connectivity index (χ1) is 10.1. The summed E-state index contributed by atoms with van der Waals surface area (Å²) in [5, 5.41) is 7.74. The summed E-state index contributed by atoms with van der Waals surface area (Å²) < 4.78 is 0. The van der Waals surface area contributed by atoms with Gasteiger partial charge < -0.3 is 10.2 Å². The first-order valence-electron chi connectivity index (χ1n) is 7.52. The molecule has 2 aromatic rings. The Hall–Kier alpha value is -1.39. The van der Waals surface area contributed by atoms with E-state index in [0.717, 1.165) is 19.5 Å². The summed E-state index contributed by atoms with van der Waals surface area (Å²) in [6.07, 6.45) is 3.02. The molecule has 21 heavy (non-hydrogen) atoms. The Morgan fingerprint density at radius 3 is 3.00 bits per heavy atom. The molecule has 0 radical (unpaired) electrons. The summed E-state index contributed by atoms with van der Waals surface area (Å²) in [7, 11) is 2.02. The van der Waals surface area contributed by atoms with Crippen molar-refractivity contribution in [2.24, 2.45) is 0 Å². The normalized spacial score (nSPS) is 17.8. The van der Waals surface area contributed by atoms with Crippen molar-refractivity contribution in [3.05, 3.63) is 46.4 Å². The van der Waals surface area contributed by atoms with Gasteiger partial charge in [-0.1, -0.05) is 13.8 Å². The van der Waals surface area contributed by atoms with Gasteiger partial charge in [0.1, 0.15) is 0 Å². The van der Waals surface area contributed by atoms with Gasteiger partial charge >= 0.3 is 0 Å². The van der Waals surface area contributed by atoms with Gasteiger partial charge in [0.2, 0.25) is 0 Å². The molecule has 1 aliphatic heterocycles. The Balaban J connectivity index is 1.97. The maximum atomic E-state index is 4.65. The average Bonchev–Trinajstić information content (AvgIpc) is 3.08. The van der Waals surface area contributed by atoms with E-state index >= 15 is 0 Å². The highest BCUT2D eigenvalue weighted by molar-refractivity contribution is 7.08. The van der Waals surface area contributed by atoms with Crippen LogP contribution in [0.1, 0.15) is 37.6 Å². The first kappa shape index (κ1) is 14.5. The lowest BCUT2D eigenvalue weighted by Gasteiger charge is -2.31. The maximum absolute atomic E-state index is 4.65. The minimum Gasteiger partial charge on any atom is -0.362 e. The minimum atomic E-state index is 0.116. The second kappa shape index (κ2) is 5.78. The Morgan fingerprint density at radius 2 is 2.29 bits per heavy atom. The lowest BCUT2D eigenvalue weighted by Crippen LogP contribution is -2.33. The molecule has 0 unspecified atom stereocenters. The molecule has 1 N–H and O–H groups in total. The molecule has 2 aromatic heterocycles. The zero-order valence-corrected chi connectivity index (χ0v) is 13.8. The van der Waals surface area contributed by atoms with E-state index in [1.165, 1.54) is 16.9 Å². The third-order valence-electron chi connectivity index (χ3n) is 4.27. The van der Waals surface area contributed by atoms with Gasteiger partial charge in [0.25, 0.3) is 0 Å². The summed E-state index contributed by atoms with van der Waals surface area (Å²) in [4.78, 5) is 7.19. The molecule has 4 heteroatoms. The maximum Gasteiger partial charge on any atom is 0.0710 e. The predicted octanol–water partition coefficient (Wildman–Crippen LogP) is 3.59. The first-order valence-corrected chi connectivity index (χ1v) is 8.46. The van der Waals surface area contributed by atoms with Crippen LogP contribution in [0.5, 0.6) is 0 Å². The molecule has 0 spiro atoms. The largest absolute Gasteiger partial charge is 0.362 e. The van der Waals surface area contributed by atoms with Crippen LogP contribution in [0.4, 0.5) is 5.69 Å². The third kappa shape index (κ3) is 2.70. The molecule has 3 nitrogen and oxygen atoms in total. The molecule has 0 aliphatic carbocycles. The number of nitrogens with zero attached hydrogens (tertiary/aromatic N) is 2. The second-order valence-corrected chi connectivity index (χ2v) is 7.13. The Labute approximate surface area is 131 Å². The van der Waals surface area contributed by atoms with Gasteiger partial charge in [-0.25, -0.2) is 0 Å². The van der Waals surface area contributed by atoms with E-state index in [0.29, 0.717) is 6.04 Å². The van der Waals surface area contributed by atoms with Crippen molar-refractivity contribution in [3.8, 4) is 0 Å². The summed E-state index contributed by atoms with van der Waals surface area (Å²) in [6, 6.07) is 6.95. The van der Waals surface area contributed by atoms with Crippen LogP contribution in [0.15, 0.2) is 35.2 Å². The number of nitrogens with one attached hydrogen (secondary N) is 1. The number of anilines is 1. The SMILES string of the molecule is CNCC[C@@H](c1ccsc1)N1CC(C)(C)c2ncccc21. The number of fused-ring (bicyclic) bond motifs is 1. The fourth-order valence-corrected chi connectivity index (χ4v) is 3.97. The summed E-state index contributed by atoms with van der Waals surface area (Å²) in [5.74, 6) is 0. The minimum absolute atomic E-state index is 0.116. The van der Waals surface area contributed by atoms with Gasteiger partial charge in [-0.2, -0.15) is 11.3 Å². The lowest BCUT2D eigenvalue weighted by atomic mass is 9.91. The molecule has 1 atom stereocenters. The summed E-state index contributed by atoms with van der Waals surface area (Å²) >= 11 is 1.78. The van der Waals surface area contributed by atoms with E-state index in [9.17, 15) is 0 Å². The van der Waals surface area contributed by atoms with Crippen molar-refractivity contribution in [1.29, 1.82) is 0 Å². The second-order valence-electron chi connectivity index (χ2n) is 6.35. The molecule has 0 amide bonds. The molecular formula is C17H23N3S. The van der Waals surface area contributed by atoms with Crippen molar-refractivity contribution in [1.82, 2.24) is 10.3 Å². The molecule has 112 valence electrons. The topological polar surface area (TPSA) is 28.2 Å². The van der Waals surface area contributed by atoms with Crippen LogP contribution in [0.25, 0.3) is 0 Å². The number of rotatable bonds is 5. The Morgan fingerprint density at radius 1 is 1.43 bits per heavy atom. The molecule has 3 rings (SSSR count). The van der Waals surface area contributed by atoms with Gasteiger partial charge in [-0.15, -0.1) is 0 Å². The van der Waals surface area contributed by atoms with Crippen molar-refractivity contribution in [2.45, 2.75) is 31.7 Å². The molecule has 0 fully saturated rings. The zero-order valence-electron chi connectivity index (χ0n) is 13.0. The number of thiophene rings is 1. The molecule has 1 aliphatic rings. The number of hydrogen-bond acceptors (Lipinski definition) is 4. The van der Waals surface area contributed by atoms with E-state index in [1.807, 2.05) is 13.2 Å². The number of aromatic nitrogens is 1. The van der Waals surface area contributed by atoms with Crippen LogP contribution in [0.2, 0.25) is 0 Å². The van der Waals surface area contributed by atoms with Crippen LogP contribution in [-0.4, -0.2) is 25.1 Å². The van der Waals surface area contributed by atoms with E-state index in [4.69, 9.17) is 0 Å². The zero-order chi connectivity index (χ0) is 14.9. The van der Waals surface area contributed by atoms with E-state index in [1.54, 1.807) is 11.3 Å². The quantitative estimate of drug-likeness (QED) is 0.914. The highest BCUT2D eigenvalue weighted by Crippen LogP contribution is 2.44. The van der Waals surface area contributed by atoms with Crippen LogP contribution in [0, 0.1) is 0 Å².